The number of rotatable bonds is 4. The van der Waals surface area contributed by atoms with Crippen molar-refractivity contribution >= 4 is 35.5 Å². The molecule has 0 aliphatic carbocycles. The second-order valence-corrected chi connectivity index (χ2v) is 10.8. The highest BCUT2D eigenvalue weighted by Crippen LogP contribution is 2.45. The molecule has 3 atom stereocenters. The van der Waals surface area contributed by atoms with Gasteiger partial charge in [0.1, 0.15) is 0 Å². The number of carboxylic acid groups (broad SMARTS) is 2. The van der Waals surface area contributed by atoms with Gasteiger partial charge in [0, 0.05) is 58.1 Å². The summed E-state index contributed by atoms with van der Waals surface area (Å²) in [4.78, 5) is 28.8. The molecule has 5 rings (SSSR count). The van der Waals surface area contributed by atoms with Crippen LogP contribution in [0.25, 0.3) is 0 Å². The second kappa shape index (κ2) is 11.0. The van der Waals surface area contributed by atoms with Gasteiger partial charge in [0.15, 0.2) is 0 Å². The Morgan fingerprint density at radius 2 is 1.65 bits per heavy atom. The Morgan fingerprint density at radius 1 is 1.00 bits per heavy atom. The van der Waals surface area contributed by atoms with Crippen LogP contribution in [0.4, 0.5) is 0 Å². The molecule has 0 aromatic heterocycles. The molecule has 3 unspecified atom stereocenters. The lowest BCUT2D eigenvalue weighted by molar-refractivity contribution is -0.134. The van der Waals surface area contributed by atoms with E-state index >= 15 is 0 Å². The minimum Gasteiger partial charge on any atom is -0.478 e. The van der Waals surface area contributed by atoms with E-state index in [0.717, 1.165) is 18.5 Å². The van der Waals surface area contributed by atoms with E-state index in [9.17, 15) is 9.59 Å². The van der Waals surface area contributed by atoms with Crippen molar-refractivity contribution in [1.29, 1.82) is 0 Å². The summed E-state index contributed by atoms with van der Waals surface area (Å²) in [5.41, 5.74) is 3.05. The number of benzene rings is 2. The summed E-state index contributed by atoms with van der Waals surface area (Å²) in [6, 6.07) is 18.1. The van der Waals surface area contributed by atoms with Crippen LogP contribution in [-0.4, -0.2) is 70.4 Å². The fourth-order valence-electron chi connectivity index (χ4n) is 5.08. The van der Waals surface area contributed by atoms with Gasteiger partial charge in [-0.2, -0.15) is 0 Å². The van der Waals surface area contributed by atoms with Crippen LogP contribution >= 0.6 is 23.5 Å². The molecule has 3 aliphatic rings. The fraction of sp³-hybridized carbons (Fsp3) is 0.385. The van der Waals surface area contributed by atoms with Gasteiger partial charge >= 0.3 is 11.9 Å². The Bertz CT molecular complexity index is 1060. The highest BCUT2D eigenvalue weighted by Gasteiger charge is 2.40. The molecule has 0 spiro atoms. The van der Waals surface area contributed by atoms with Crippen LogP contribution in [0, 0.1) is 0 Å². The van der Waals surface area contributed by atoms with Gasteiger partial charge in [-0.15, -0.1) is 11.8 Å². The minimum atomic E-state index is -1.26. The Kier molecular flexibility index (Phi) is 8.03. The molecule has 34 heavy (non-hydrogen) atoms. The van der Waals surface area contributed by atoms with Crippen molar-refractivity contribution in [3.8, 4) is 0 Å². The van der Waals surface area contributed by atoms with Crippen molar-refractivity contribution in [3.63, 3.8) is 0 Å². The van der Waals surface area contributed by atoms with Crippen LogP contribution in [0.3, 0.4) is 0 Å². The zero-order chi connectivity index (χ0) is 24.2. The van der Waals surface area contributed by atoms with E-state index in [1.807, 2.05) is 23.5 Å². The lowest BCUT2D eigenvalue weighted by atomic mass is 9.96. The van der Waals surface area contributed by atoms with E-state index < -0.39 is 11.9 Å². The topological polar surface area (TPSA) is 81.1 Å². The number of hydrogen-bond donors (Lipinski definition) is 2. The lowest BCUT2D eigenvalue weighted by Gasteiger charge is -2.43. The molecular weight excluding hydrogens is 468 g/mol. The number of likely N-dealkylation sites (tertiary alicyclic amines) is 1. The average molecular weight is 499 g/mol. The zero-order valence-electron chi connectivity index (χ0n) is 19.4. The summed E-state index contributed by atoms with van der Waals surface area (Å²) >= 11 is 3.82. The Balaban J connectivity index is 0.000000297. The first-order chi connectivity index (χ1) is 16.4. The van der Waals surface area contributed by atoms with E-state index in [1.54, 1.807) is 5.56 Å². The summed E-state index contributed by atoms with van der Waals surface area (Å²) in [6.45, 7) is 2.43. The molecule has 2 bridgehead atoms. The van der Waals surface area contributed by atoms with Gasteiger partial charge in [0.2, 0.25) is 0 Å². The normalized spacial score (nSPS) is 24.0. The molecule has 2 saturated heterocycles. The molecule has 2 N–H and O–H groups in total. The molecular formula is C26H30N2O4S2. The summed E-state index contributed by atoms with van der Waals surface area (Å²) in [5, 5.41) is 15.6. The lowest BCUT2D eigenvalue weighted by Crippen LogP contribution is -2.53. The van der Waals surface area contributed by atoms with Crippen molar-refractivity contribution in [1.82, 2.24) is 9.80 Å². The van der Waals surface area contributed by atoms with E-state index in [2.05, 4.69) is 65.6 Å². The van der Waals surface area contributed by atoms with Gasteiger partial charge in [-0.3, -0.25) is 9.80 Å². The molecule has 0 saturated carbocycles. The number of hydrogen-bond acceptors (Lipinski definition) is 6. The third-order valence-electron chi connectivity index (χ3n) is 6.87. The maximum absolute atomic E-state index is 9.55. The highest BCUT2D eigenvalue weighted by atomic mass is 32.2. The van der Waals surface area contributed by atoms with Crippen molar-refractivity contribution < 1.29 is 19.8 Å². The Hall–Kier alpha value is -2.26. The van der Waals surface area contributed by atoms with E-state index in [1.165, 1.54) is 46.2 Å². The predicted octanol–water partition coefficient (Wildman–Crippen LogP) is 4.65. The van der Waals surface area contributed by atoms with Crippen molar-refractivity contribution in [2.24, 2.45) is 0 Å². The molecule has 8 heteroatoms. The quantitative estimate of drug-likeness (QED) is 0.466. The molecule has 2 aromatic carbocycles. The van der Waals surface area contributed by atoms with Crippen molar-refractivity contribution in [2.75, 3.05) is 26.4 Å². The smallest absolute Gasteiger partial charge is 0.328 e. The van der Waals surface area contributed by atoms with Gasteiger partial charge < -0.3 is 10.2 Å². The van der Waals surface area contributed by atoms with Crippen LogP contribution in [0.2, 0.25) is 0 Å². The first kappa shape index (κ1) is 24.9. The molecule has 180 valence electrons. The molecule has 2 aromatic rings. The monoisotopic (exact) mass is 498 g/mol. The standard InChI is InChI=1S/C22H26N2S2.C4H4O4/c1-23-16-7-8-17(23)14-24(13-16)20-11-15-5-3-4-6-21(15)26-22-10-9-18(25-2)12-19(20)22;5-3(6)1-2-4(7)8/h3-6,9-10,12,16-17,20H,7-8,11,13-14H2,1-2H3;1-2H,(H,5,6)(H,7,8)/b;2-1-. The first-order valence-corrected chi connectivity index (χ1v) is 13.4. The Morgan fingerprint density at radius 3 is 2.26 bits per heavy atom. The van der Waals surface area contributed by atoms with Gasteiger partial charge in [0.05, 0.1) is 0 Å². The van der Waals surface area contributed by atoms with Gasteiger partial charge in [-0.1, -0.05) is 30.0 Å². The number of piperazine rings is 1. The number of carboxylic acids is 2. The molecule has 2 fully saturated rings. The maximum atomic E-state index is 9.55. The number of thioether (sulfide) groups is 1. The van der Waals surface area contributed by atoms with Gasteiger partial charge in [-0.25, -0.2) is 9.59 Å². The number of nitrogens with zero attached hydrogens (tertiary/aromatic N) is 2. The molecule has 0 radical (unpaired) electrons. The number of fused-ring (bicyclic) bond motifs is 4. The largest absolute Gasteiger partial charge is 0.478 e. The van der Waals surface area contributed by atoms with E-state index in [4.69, 9.17) is 10.2 Å². The zero-order valence-corrected chi connectivity index (χ0v) is 21.0. The third-order valence-corrected chi connectivity index (χ3v) is 8.80. The predicted molar refractivity (Wildman–Crippen MR) is 136 cm³/mol. The van der Waals surface area contributed by atoms with Crippen LogP contribution in [0.15, 0.2) is 69.3 Å². The third kappa shape index (κ3) is 5.68. The van der Waals surface area contributed by atoms with Gasteiger partial charge in [0.25, 0.3) is 0 Å². The summed E-state index contributed by atoms with van der Waals surface area (Å²) in [7, 11) is 2.33. The van der Waals surface area contributed by atoms with Crippen LogP contribution in [0.1, 0.15) is 30.0 Å². The molecule has 6 nitrogen and oxygen atoms in total. The molecule has 3 aliphatic heterocycles. The molecule has 3 heterocycles. The van der Waals surface area contributed by atoms with Crippen LogP contribution in [-0.2, 0) is 16.0 Å². The number of aliphatic carboxylic acids is 2. The summed E-state index contributed by atoms with van der Waals surface area (Å²) in [5.74, 6) is -2.51. The van der Waals surface area contributed by atoms with E-state index in [-0.39, 0.29) is 0 Å². The number of carbonyl (C=O) groups is 2. The van der Waals surface area contributed by atoms with E-state index in [0.29, 0.717) is 18.2 Å². The maximum Gasteiger partial charge on any atom is 0.328 e. The summed E-state index contributed by atoms with van der Waals surface area (Å²) < 4.78 is 0. The fourth-order valence-corrected chi connectivity index (χ4v) is 6.65. The highest BCUT2D eigenvalue weighted by molar-refractivity contribution is 7.99. The summed E-state index contributed by atoms with van der Waals surface area (Å²) in [6.07, 6.45) is 7.17. The van der Waals surface area contributed by atoms with Crippen LogP contribution in [0.5, 0.6) is 0 Å². The Labute approximate surface area is 209 Å². The average Bonchev–Trinajstić information content (AvgIpc) is 2.99. The second-order valence-electron chi connectivity index (χ2n) is 8.85. The van der Waals surface area contributed by atoms with Gasteiger partial charge in [-0.05, 0) is 68.0 Å². The molecule has 0 amide bonds. The van der Waals surface area contributed by atoms with Crippen LogP contribution < -0.4 is 0 Å². The van der Waals surface area contributed by atoms with Crippen molar-refractivity contribution in [3.05, 3.63) is 65.7 Å². The first-order valence-electron chi connectivity index (χ1n) is 11.4. The minimum absolute atomic E-state index is 0.505. The van der Waals surface area contributed by atoms with Crippen molar-refractivity contribution in [2.45, 2.75) is 52.1 Å². The number of likely N-dealkylation sites (N-methyl/N-ethyl adjacent to an activating group) is 1. The SMILES string of the molecule is CSc1ccc2c(c1)C(N1CC3CCC(C1)N3C)Cc1ccccc1S2.O=C(O)/C=C\C(=O)O.